The number of hydrogen-bond donors (Lipinski definition) is 1. The Labute approximate surface area is 201 Å². The maximum Gasteiger partial charge on any atom is 0.216 e. The Morgan fingerprint density at radius 3 is 2.65 bits per heavy atom. The second-order valence-electron chi connectivity index (χ2n) is 9.07. The van der Waals surface area contributed by atoms with Crippen LogP contribution in [-0.4, -0.2) is 31.6 Å². The zero-order valence-corrected chi connectivity index (χ0v) is 20.0. The molecular weight excluding hydrogens is 427 g/mol. The standard InChI is InChI=1S/C29H33FN2O2/c1-21(33)31-17-16-22-14-15-28(20-29(22)23-8-6-9-24(30)18-23)34-27-13-7-12-26(19-27)32(2)25-10-4-3-5-11-25/h3-6,8-11,14-15,18,20,26-27H,7,12-13,16-17,19H2,1-2H3,(H,31,33)/t26-,27-/m1/s1. The topological polar surface area (TPSA) is 41.6 Å². The lowest BCUT2D eigenvalue weighted by Crippen LogP contribution is -2.39. The summed E-state index contributed by atoms with van der Waals surface area (Å²) in [6.07, 6.45) is 5.07. The maximum absolute atomic E-state index is 14.0. The highest BCUT2D eigenvalue weighted by molar-refractivity contribution is 5.73. The third-order valence-electron chi connectivity index (χ3n) is 6.60. The Bertz CT molecular complexity index is 1100. The Kier molecular flexibility index (Phi) is 7.84. The Hall–Kier alpha value is -3.34. The molecule has 0 spiro atoms. The smallest absolute Gasteiger partial charge is 0.216 e. The van der Waals surface area contributed by atoms with Crippen LogP contribution in [0.1, 0.15) is 38.2 Å². The molecule has 1 amide bonds. The number of carbonyl (C=O) groups is 1. The summed E-state index contributed by atoms with van der Waals surface area (Å²) < 4.78 is 20.5. The van der Waals surface area contributed by atoms with Crippen LogP contribution in [0.25, 0.3) is 11.1 Å². The fourth-order valence-electron chi connectivity index (χ4n) is 4.79. The number of benzene rings is 3. The van der Waals surface area contributed by atoms with E-state index in [0.29, 0.717) is 19.0 Å². The van der Waals surface area contributed by atoms with Gasteiger partial charge in [0.15, 0.2) is 0 Å². The van der Waals surface area contributed by atoms with Crippen LogP contribution in [0.4, 0.5) is 10.1 Å². The first kappa shape index (κ1) is 23.8. The average Bonchev–Trinajstić information content (AvgIpc) is 2.85. The van der Waals surface area contributed by atoms with Gasteiger partial charge in [0.1, 0.15) is 17.7 Å². The number of rotatable bonds is 8. The van der Waals surface area contributed by atoms with Crippen molar-refractivity contribution in [2.75, 3.05) is 18.5 Å². The van der Waals surface area contributed by atoms with Crippen molar-refractivity contribution in [1.82, 2.24) is 5.32 Å². The molecule has 3 aromatic carbocycles. The van der Waals surface area contributed by atoms with Gasteiger partial charge in [-0.3, -0.25) is 4.79 Å². The second-order valence-corrected chi connectivity index (χ2v) is 9.07. The normalized spacial score (nSPS) is 17.7. The number of nitrogens with zero attached hydrogens (tertiary/aromatic N) is 1. The van der Waals surface area contributed by atoms with E-state index in [2.05, 4.69) is 41.5 Å². The number of amides is 1. The van der Waals surface area contributed by atoms with E-state index in [1.807, 2.05) is 30.3 Å². The maximum atomic E-state index is 14.0. The summed E-state index contributed by atoms with van der Waals surface area (Å²) in [6, 6.07) is 23.6. The van der Waals surface area contributed by atoms with E-state index < -0.39 is 0 Å². The fraction of sp³-hybridized carbons (Fsp3) is 0.345. The van der Waals surface area contributed by atoms with Gasteiger partial charge < -0.3 is 15.0 Å². The lowest BCUT2D eigenvalue weighted by atomic mass is 9.91. The molecule has 1 fully saturated rings. The molecule has 0 aromatic heterocycles. The van der Waals surface area contributed by atoms with Crippen LogP contribution >= 0.6 is 0 Å². The van der Waals surface area contributed by atoms with E-state index in [0.717, 1.165) is 48.1 Å². The molecule has 1 aliphatic carbocycles. The van der Waals surface area contributed by atoms with Gasteiger partial charge >= 0.3 is 0 Å². The van der Waals surface area contributed by atoms with Gasteiger partial charge in [-0.15, -0.1) is 0 Å². The molecule has 0 unspecified atom stereocenters. The SMILES string of the molecule is CC(=O)NCCc1ccc(O[C@@H]2CCC[C@@H](N(C)c3ccccc3)C2)cc1-c1cccc(F)c1. The first-order valence-corrected chi connectivity index (χ1v) is 12.1. The van der Waals surface area contributed by atoms with Gasteiger partial charge in [-0.2, -0.15) is 0 Å². The van der Waals surface area contributed by atoms with E-state index in [9.17, 15) is 9.18 Å². The lowest BCUT2D eigenvalue weighted by Gasteiger charge is -2.36. The third kappa shape index (κ3) is 6.16. The van der Waals surface area contributed by atoms with Crippen molar-refractivity contribution < 1.29 is 13.9 Å². The van der Waals surface area contributed by atoms with E-state index in [1.165, 1.54) is 18.7 Å². The van der Waals surface area contributed by atoms with Gasteiger partial charge in [0.05, 0.1) is 0 Å². The summed E-state index contributed by atoms with van der Waals surface area (Å²) in [4.78, 5) is 13.6. The molecule has 4 nitrogen and oxygen atoms in total. The zero-order valence-electron chi connectivity index (χ0n) is 20.0. The van der Waals surface area contributed by atoms with Crippen LogP contribution in [-0.2, 0) is 11.2 Å². The monoisotopic (exact) mass is 460 g/mol. The molecule has 0 saturated heterocycles. The fourth-order valence-corrected chi connectivity index (χ4v) is 4.79. The van der Waals surface area contributed by atoms with Gasteiger partial charge in [0.2, 0.25) is 5.91 Å². The second kappa shape index (κ2) is 11.2. The van der Waals surface area contributed by atoms with Crippen molar-refractivity contribution in [3.63, 3.8) is 0 Å². The average molecular weight is 461 g/mol. The van der Waals surface area contributed by atoms with Crippen molar-refractivity contribution in [3.05, 3.63) is 84.2 Å². The van der Waals surface area contributed by atoms with Crippen molar-refractivity contribution in [2.45, 2.75) is 51.2 Å². The third-order valence-corrected chi connectivity index (χ3v) is 6.60. The van der Waals surface area contributed by atoms with E-state index >= 15 is 0 Å². The summed E-state index contributed by atoms with van der Waals surface area (Å²) in [5.74, 6) is 0.478. The molecule has 0 radical (unpaired) electrons. The molecule has 4 rings (SSSR count). The molecule has 178 valence electrons. The van der Waals surface area contributed by atoms with Crippen LogP contribution in [0.2, 0.25) is 0 Å². The summed E-state index contributed by atoms with van der Waals surface area (Å²) in [7, 11) is 2.16. The largest absolute Gasteiger partial charge is 0.490 e. The van der Waals surface area contributed by atoms with Gasteiger partial charge in [-0.25, -0.2) is 4.39 Å². The predicted molar refractivity (Wildman–Crippen MR) is 136 cm³/mol. The van der Waals surface area contributed by atoms with Crippen molar-refractivity contribution >= 4 is 11.6 Å². The summed E-state index contributed by atoms with van der Waals surface area (Å²) in [5, 5.41) is 2.84. The number of carbonyl (C=O) groups excluding carboxylic acids is 1. The first-order chi connectivity index (χ1) is 16.5. The molecule has 34 heavy (non-hydrogen) atoms. The number of hydrogen-bond acceptors (Lipinski definition) is 3. The molecule has 0 heterocycles. The minimum absolute atomic E-state index is 0.0559. The lowest BCUT2D eigenvalue weighted by molar-refractivity contribution is -0.118. The molecule has 5 heteroatoms. The minimum atomic E-state index is -0.268. The van der Waals surface area contributed by atoms with Crippen molar-refractivity contribution in [1.29, 1.82) is 0 Å². The predicted octanol–water partition coefficient (Wildman–Crippen LogP) is 6.00. The zero-order chi connectivity index (χ0) is 23.9. The van der Waals surface area contributed by atoms with Crippen LogP contribution < -0.4 is 15.0 Å². The molecule has 0 bridgehead atoms. The van der Waals surface area contributed by atoms with Crippen molar-refractivity contribution in [2.24, 2.45) is 0 Å². The van der Waals surface area contributed by atoms with E-state index in [4.69, 9.17) is 4.74 Å². The van der Waals surface area contributed by atoms with E-state index in [-0.39, 0.29) is 17.8 Å². The van der Waals surface area contributed by atoms with Gasteiger partial charge in [0, 0.05) is 38.7 Å². The van der Waals surface area contributed by atoms with Gasteiger partial charge in [-0.05, 0) is 78.8 Å². The molecule has 0 aliphatic heterocycles. The highest BCUT2D eigenvalue weighted by Crippen LogP contribution is 2.33. The Balaban J connectivity index is 1.51. The first-order valence-electron chi connectivity index (χ1n) is 12.1. The van der Waals surface area contributed by atoms with Crippen LogP contribution in [0.15, 0.2) is 72.8 Å². The molecular formula is C29H33FN2O2. The van der Waals surface area contributed by atoms with Crippen LogP contribution in [0.5, 0.6) is 5.75 Å². The molecule has 1 N–H and O–H groups in total. The van der Waals surface area contributed by atoms with Crippen LogP contribution in [0, 0.1) is 5.82 Å². The number of halogens is 1. The number of nitrogens with one attached hydrogen (secondary N) is 1. The molecule has 3 aromatic rings. The van der Waals surface area contributed by atoms with Crippen molar-refractivity contribution in [3.8, 4) is 16.9 Å². The van der Waals surface area contributed by atoms with E-state index in [1.54, 1.807) is 12.1 Å². The highest BCUT2D eigenvalue weighted by Gasteiger charge is 2.26. The Morgan fingerprint density at radius 1 is 1.06 bits per heavy atom. The Morgan fingerprint density at radius 2 is 1.88 bits per heavy atom. The molecule has 1 saturated carbocycles. The highest BCUT2D eigenvalue weighted by atomic mass is 19.1. The number of anilines is 1. The molecule has 1 aliphatic rings. The van der Waals surface area contributed by atoms with Gasteiger partial charge in [0.25, 0.3) is 0 Å². The minimum Gasteiger partial charge on any atom is -0.490 e. The van der Waals surface area contributed by atoms with Crippen LogP contribution in [0.3, 0.4) is 0 Å². The summed E-state index contributed by atoms with van der Waals surface area (Å²) in [6.45, 7) is 2.05. The quantitative estimate of drug-likeness (QED) is 0.448. The molecule has 2 atom stereocenters. The number of para-hydroxylation sites is 1. The number of ether oxygens (including phenoxy) is 1. The van der Waals surface area contributed by atoms with Gasteiger partial charge in [-0.1, -0.05) is 36.4 Å². The summed E-state index contributed by atoms with van der Waals surface area (Å²) >= 11 is 0. The summed E-state index contributed by atoms with van der Waals surface area (Å²) in [5.41, 5.74) is 4.03.